The Bertz CT molecular complexity index is 392. The van der Waals surface area contributed by atoms with Gasteiger partial charge in [-0.05, 0) is 24.6 Å². The molecule has 0 bridgehead atoms. The Morgan fingerprint density at radius 3 is 2.59 bits per heavy atom. The Kier molecular flexibility index (Phi) is 2.76. The van der Waals surface area contributed by atoms with E-state index in [-0.39, 0.29) is 5.79 Å². The molecule has 1 spiro atoms. The normalized spacial score (nSPS) is 23.2. The smallest absolute Gasteiger partial charge is 0.171 e. The number of piperidine rings is 1. The summed E-state index contributed by atoms with van der Waals surface area (Å²) < 4.78 is 11.4. The third-order valence-corrected chi connectivity index (χ3v) is 3.56. The molecule has 0 atom stereocenters. The first-order chi connectivity index (χ1) is 8.27. The van der Waals surface area contributed by atoms with Crippen molar-refractivity contribution in [2.75, 3.05) is 31.2 Å². The maximum absolute atomic E-state index is 5.72. The zero-order chi connectivity index (χ0) is 11.7. The van der Waals surface area contributed by atoms with Crippen molar-refractivity contribution in [3.63, 3.8) is 0 Å². The van der Waals surface area contributed by atoms with Crippen molar-refractivity contribution in [1.29, 1.82) is 0 Å². The van der Waals surface area contributed by atoms with Gasteiger partial charge < -0.3 is 14.4 Å². The summed E-state index contributed by atoms with van der Waals surface area (Å²) in [6.45, 7) is 5.48. The second-order valence-electron chi connectivity index (χ2n) is 4.79. The van der Waals surface area contributed by atoms with Crippen LogP contribution in [0.25, 0.3) is 0 Å². The van der Waals surface area contributed by atoms with E-state index < -0.39 is 0 Å². The minimum Gasteiger partial charge on any atom is -0.356 e. The van der Waals surface area contributed by atoms with Gasteiger partial charge in [-0.25, -0.2) is 4.98 Å². The number of anilines is 1. The van der Waals surface area contributed by atoms with Crippen LogP contribution in [0.3, 0.4) is 0 Å². The lowest BCUT2D eigenvalue weighted by atomic mass is 10.0. The molecule has 0 aromatic carbocycles. The molecular weight excluding hydrogens is 216 g/mol. The second-order valence-corrected chi connectivity index (χ2v) is 4.79. The number of pyridine rings is 1. The van der Waals surface area contributed by atoms with Gasteiger partial charge in [-0.2, -0.15) is 0 Å². The molecule has 0 N–H and O–H groups in total. The highest BCUT2D eigenvalue weighted by molar-refractivity contribution is 5.41. The molecule has 2 aliphatic rings. The van der Waals surface area contributed by atoms with Gasteiger partial charge in [-0.1, -0.05) is 0 Å². The van der Waals surface area contributed by atoms with Gasteiger partial charge in [0.15, 0.2) is 5.79 Å². The van der Waals surface area contributed by atoms with Crippen LogP contribution >= 0.6 is 0 Å². The summed E-state index contributed by atoms with van der Waals surface area (Å²) >= 11 is 0. The average Bonchev–Trinajstić information content (AvgIpc) is 2.79. The van der Waals surface area contributed by atoms with E-state index in [9.17, 15) is 0 Å². The van der Waals surface area contributed by atoms with E-state index in [1.54, 1.807) is 0 Å². The second kappa shape index (κ2) is 4.27. The lowest BCUT2D eigenvalue weighted by molar-refractivity contribution is -0.169. The Balaban J connectivity index is 1.68. The molecule has 17 heavy (non-hydrogen) atoms. The Labute approximate surface area is 102 Å². The maximum atomic E-state index is 5.72. The Hall–Kier alpha value is -1.13. The molecule has 1 aromatic rings. The molecule has 3 heterocycles. The van der Waals surface area contributed by atoms with Crippen molar-refractivity contribution in [3.8, 4) is 0 Å². The highest BCUT2D eigenvalue weighted by Gasteiger charge is 2.39. The Morgan fingerprint density at radius 2 is 1.94 bits per heavy atom. The van der Waals surface area contributed by atoms with Crippen molar-refractivity contribution in [2.24, 2.45) is 0 Å². The molecule has 2 saturated heterocycles. The lowest BCUT2D eigenvalue weighted by Gasteiger charge is -2.38. The van der Waals surface area contributed by atoms with Crippen LogP contribution in [0.1, 0.15) is 18.4 Å². The zero-order valence-corrected chi connectivity index (χ0v) is 10.2. The fraction of sp³-hybridized carbons (Fsp3) is 0.615. The number of hydrogen-bond donors (Lipinski definition) is 0. The third-order valence-electron chi connectivity index (χ3n) is 3.56. The summed E-state index contributed by atoms with van der Waals surface area (Å²) in [7, 11) is 0. The van der Waals surface area contributed by atoms with Gasteiger partial charge in [0.25, 0.3) is 0 Å². The van der Waals surface area contributed by atoms with Gasteiger partial charge in [0, 0.05) is 32.1 Å². The summed E-state index contributed by atoms with van der Waals surface area (Å²) in [5, 5.41) is 0. The molecule has 3 rings (SSSR count). The van der Waals surface area contributed by atoms with Crippen LogP contribution < -0.4 is 4.90 Å². The molecule has 4 heteroatoms. The Morgan fingerprint density at radius 1 is 1.24 bits per heavy atom. The van der Waals surface area contributed by atoms with Crippen molar-refractivity contribution >= 4 is 5.82 Å². The first-order valence-electron chi connectivity index (χ1n) is 6.23. The van der Waals surface area contributed by atoms with Crippen LogP contribution in [-0.4, -0.2) is 37.1 Å². The minimum atomic E-state index is -0.291. The molecular formula is C13H18N2O2. The fourth-order valence-corrected chi connectivity index (χ4v) is 2.56. The number of aryl methyl sites for hydroxylation is 1. The zero-order valence-electron chi connectivity index (χ0n) is 10.2. The maximum Gasteiger partial charge on any atom is 0.171 e. The molecule has 4 nitrogen and oxygen atoms in total. The van der Waals surface area contributed by atoms with E-state index in [0.29, 0.717) is 0 Å². The van der Waals surface area contributed by atoms with Crippen molar-refractivity contribution in [2.45, 2.75) is 25.6 Å². The SMILES string of the molecule is Cc1ccnc(N2CCC3(CC2)OCCO3)c1. The summed E-state index contributed by atoms with van der Waals surface area (Å²) in [6, 6.07) is 4.16. The molecule has 0 radical (unpaired) electrons. The van der Waals surface area contributed by atoms with E-state index in [4.69, 9.17) is 9.47 Å². The molecule has 0 unspecified atom stereocenters. The predicted molar refractivity (Wildman–Crippen MR) is 65.1 cm³/mol. The van der Waals surface area contributed by atoms with Crippen LogP contribution in [0.4, 0.5) is 5.82 Å². The van der Waals surface area contributed by atoms with Gasteiger partial charge >= 0.3 is 0 Å². The van der Waals surface area contributed by atoms with Crippen LogP contribution in [0.2, 0.25) is 0 Å². The van der Waals surface area contributed by atoms with Gasteiger partial charge in [-0.15, -0.1) is 0 Å². The highest BCUT2D eigenvalue weighted by atomic mass is 16.7. The monoisotopic (exact) mass is 234 g/mol. The summed E-state index contributed by atoms with van der Waals surface area (Å²) in [5.41, 5.74) is 1.25. The summed E-state index contributed by atoms with van der Waals surface area (Å²) in [4.78, 5) is 6.73. The van der Waals surface area contributed by atoms with Crippen molar-refractivity contribution in [3.05, 3.63) is 23.9 Å². The van der Waals surface area contributed by atoms with E-state index in [0.717, 1.165) is 45.0 Å². The molecule has 0 saturated carbocycles. The van der Waals surface area contributed by atoms with Crippen molar-refractivity contribution in [1.82, 2.24) is 4.98 Å². The van der Waals surface area contributed by atoms with E-state index in [2.05, 4.69) is 22.9 Å². The molecule has 2 fully saturated rings. The summed E-state index contributed by atoms with van der Waals surface area (Å²) in [5.74, 6) is 0.776. The first kappa shape index (κ1) is 11.0. The fourth-order valence-electron chi connectivity index (χ4n) is 2.56. The van der Waals surface area contributed by atoms with Crippen LogP contribution in [0, 0.1) is 6.92 Å². The quantitative estimate of drug-likeness (QED) is 0.741. The third kappa shape index (κ3) is 2.15. The largest absolute Gasteiger partial charge is 0.356 e. The van der Waals surface area contributed by atoms with Crippen LogP contribution in [0.5, 0.6) is 0 Å². The first-order valence-corrected chi connectivity index (χ1v) is 6.23. The molecule has 0 aliphatic carbocycles. The van der Waals surface area contributed by atoms with Gasteiger partial charge in [-0.3, -0.25) is 0 Å². The summed E-state index contributed by atoms with van der Waals surface area (Å²) in [6.07, 6.45) is 3.74. The van der Waals surface area contributed by atoms with Crippen molar-refractivity contribution < 1.29 is 9.47 Å². The van der Waals surface area contributed by atoms with Gasteiger partial charge in [0.1, 0.15) is 5.82 Å². The highest BCUT2D eigenvalue weighted by Crippen LogP contribution is 2.32. The number of hydrogen-bond acceptors (Lipinski definition) is 4. The van der Waals surface area contributed by atoms with Gasteiger partial charge in [0.05, 0.1) is 13.2 Å². The minimum absolute atomic E-state index is 0.291. The van der Waals surface area contributed by atoms with E-state index >= 15 is 0 Å². The number of nitrogens with zero attached hydrogens (tertiary/aromatic N) is 2. The molecule has 0 amide bonds. The molecule has 92 valence electrons. The average molecular weight is 234 g/mol. The van der Waals surface area contributed by atoms with Crippen LogP contribution in [-0.2, 0) is 9.47 Å². The topological polar surface area (TPSA) is 34.6 Å². The van der Waals surface area contributed by atoms with Crippen LogP contribution in [0.15, 0.2) is 18.3 Å². The lowest BCUT2D eigenvalue weighted by Crippen LogP contribution is -2.45. The number of ether oxygens (including phenoxy) is 2. The molecule has 1 aromatic heterocycles. The standard InChI is InChI=1S/C13H18N2O2/c1-11-2-5-14-12(10-11)15-6-3-13(4-7-15)16-8-9-17-13/h2,5,10H,3-4,6-9H2,1H3. The van der Waals surface area contributed by atoms with E-state index in [1.165, 1.54) is 5.56 Å². The number of aromatic nitrogens is 1. The molecule has 2 aliphatic heterocycles. The van der Waals surface area contributed by atoms with E-state index in [1.807, 2.05) is 12.3 Å². The number of rotatable bonds is 1. The van der Waals surface area contributed by atoms with Gasteiger partial charge in [0.2, 0.25) is 0 Å². The predicted octanol–water partition coefficient (Wildman–Crippen LogP) is 1.73.